The summed E-state index contributed by atoms with van der Waals surface area (Å²) in [4.78, 5) is 20.8. The number of ether oxygens (including phenoxy) is 1. The van der Waals surface area contributed by atoms with Gasteiger partial charge < -0.3 is 19.9 Å². The number of para-hydroxylation sites is 1. The third-order valence-corrected chi connectivity index (χ3v) is 5.23. The predicted octanol–water partition coefficient (Wildman–Crippen LogP) is 2.91. The van der Waals surface area contributed by atoms with Gasteiger partial charge >= 0.3 is 0 Å². The zero-order chi connectivity index (χ0) is 19.1. The van der Waals surface area contributed by atoms with E-state index in [0.717, 1.165) is 63.3 Å². The number of nitrogens with zero attached hydrogens (tertiary/aromatic N) is 3. The van der Waals surface area contributed by atoms with Crippen LogP contribution >= 0.6 is 24.0 Å². The molecule has 1 N–H and O–H groups in total. The molecule has 0 aromatic heterocycles. The molecule has 1 aromatic rings. The highest BCUT2D eigenvalue weighted by Gasteiger charge is 2.23. The zero-order valence-corrected chi connectivity index (χ0v) is 19.4. The number of hydrogen-bond acceptors (Lipinski definition) is 3. The molecule has 0 unspecified atom stereocenters. The van der Waals surface area contributed by atoms with E-state index in [2.05, 4.69) is 21.3 Å². The molecule has 1 saturated carbocycles. The van der Waals surface area contributed by atoms with Crippen LogP contribution in [0.5, 0.6) is 0 Å². The van der Waals surface area contributed by atoms with Gasteiger partial charge in [-0.2, -0.15) is 0 Å². The van der Waals surface area contributed by atoms with E-state index in [0.29, 0.717) is 6.42 Å². The Morgan fingerprint density at radius 2 is 2.14 bits per heavy atom. The number of carbonyl (C=O) groups excluding carboxylic acids is 1. The van der Waals surface area contributed by atoms with Gasteiger partial charge in [-0.25, -0.2) is 0 Å². The molecule has 0 atom stereocenters. The lowest BCUT2D eigenvalue weighted by atomic mass is 10.2. The summed E-state index contributed by atoms with van der Waals surface area (Å²) in [6.07, 6.45) is 4.94. The van der Waals surface area contributed by atoms with Gasteiger partial charge in [0.05, 0.1) is 6.61 Å². The topological polar surface area (TPSA) is 57.2 Å². The van der Waals surface area contributed by atoms with Crippen molar-refractivity contribution in [2.24, 2.45) is 10.9 Å². The third-order valence-electron chi connectivity index (χ3n) is 5.23. The molecule has 0 bridgehead atoms. The summed E-state index contributed by atoms with van der Waals surface area (Å²) in [7, 11) is 3.80. The molecule has 0 radical (unpaired) electrons. The van der Waals surface area contributed by atoms with Gasteiger partial charge in [-0.3, -0.25) is 9.79 Å². The molecular formula is C21H33IN4O2. The number of likely N-dealkylation sites (N-methyl/N-ethyl adjacent to an activating group) is 1. The first-order valence-corrected chi connectivity index (χ1v) is 10.1. The van der Waals surface area contributed by atoms with Crippen molar-refractivity contribution in [3.05, 3.63) is 29.8 Å². The molecule has 2 aliphatic rings. The number of rotatable bonds is 9. The predicted molar refractivity (Wildman–Crippen MR) is 125 cm³/mol. The molecule has 0 saturated heterocycles. The highest BCUT2D eigenvalue weighted by atomic mass is 127. The van der Waals surface area contributed by atoms with Crippen molar-refractivity contribution in [1.82, 2.24) is 10.2 Å². The number of hydrogen-bond donors (Lipinski definition) is 1. The smallest absolute Gasteiger partial charge is 0.227 e. The molecule has 1 aliphatic carbocycles. The summed E-state index contributed by atoms with van der Waals surface area (Å²) in [5.41, 5.74) is 2.35. The molecular weight excluding hydrogens is 467 g/mol. The van der Waals surface area contributed by atoms with Crippen LogP contribution in [-0.4, -0.2) is 63.7 Å². The first-order valence-electron chi connectivity index (χ1n) is 10.1. The number of nitrogens with one attached hydrogen (secondary N) is 1. The molecule has 7 heteroatoms. The number of carbonyl (C=O) groups is 1. The summed E-state index contributed by atoms with van der Waals surface area (Å²) in [6, 6.07) is 8.19. The van der Waals surface area contributed by atoms with Gasteiger partial charge in [-0.05, 0) is 43.2 Å². The monoisotopic (exact) mass is 500 g/mol. The molecule has 1 aromatic carbocycles. The lowest BCUT2D eigenvalue weighted by Crippen LogP contribution is -2.41. The van der Waals surface area contributed by atoms with Crippen molar-refractivity contribution in [1.29, 1.82) is 0 Å². The molecule has 156 valence electrons. The van der Waals surface area contributed by atoms with Crippen LogP contribution in [0.1, 0.15) is 31.2 Å². The van der Waals surface area contributed by atoms with Gasteiger partial charge in [-0.1, -0.05) is 18.2 Å². The fourth-order valence-corrected chi connectivity index (χ4v) is 3.40. The second-order valence-corrected chi connectivity index (χ2v) is 7.44. The molecule has 1 fully saturated rings. The van der Waals surface area contributed by atoms with Crippen LogP contribution in [0.4, 0.5) is 5.69 Å². The minimum absolute atomic E-state index is 0. The van der Waals surface area contributed by atoms with E-state index in [9.17, 15) is 4.79 Å². The molecule has 28 heavy (non-hydrogen) atoms. The standard InChI is InChI=1S/C21H32N4O2.HI/c1-22-21(24(2)14-15-27-16-17-9-10-17)23-12-5-8-20(26)25-13-11-18-6-3-4-7-19(18)25;/h3-4,6-7,17H,5,8-16H2,1-2H3,(H,22,23);1H. The SMILES string of the molecule is CN=C(NCCCC(=O)N1CCc2ccccc21)N(C)CCOCC1CC1.I. The number of guanidine groups is 1. The van der Waals surface area contributed by atoms with Gasteiger partial charge in [0, 0.05) is 52.4 Å². The molecule has 0 spiro atoms. The Morgan fingerprint density at radius 3 is 2.89 bits per heavy atom. The number of fused-ring (bicyclic) bond motifs is 1. The maximum Gasteiger partial charge on any atom is 0.227 e. The van der Waals surface area contributed by atoms with Crippen LogP contribution in [0.2, 0.25) is 0 Å². The Labute approximate surface area is 185 Å². The molecule has 3 rings (SSSR count). The van der Waals surface area contributed by atoms with Gasteiger partial charge in [0.2, 0.25) is 5.91 Å². The summed E-state index contributed by atoms with van der Waals surface area (Å²) in [5.74, 6) is 1.86. The highest BCUT2D eigenvalue weighted by molar-refractivity contribution is 14.0. The molecule has 1 amide bonds. The Morgan fingerprint density at radius 1 is 1.36 bits per heavy atom. The van der Waals surface area contributed by atoms with Crippen LogP contribution in [0.3, 0.4) is 0 Å². The first-order chi connectivity index (χ1) is 13.2. The number of benzene rings is 1. The van der Waals surface area contributed by atoms with Gasteiger partial charge in [0.15, 0.2) is 5.96 Å². The van der Waals surface area contributed by atoms with Crippen molar-refractivity contribution in [2.45, 2.75) is 32.1 Å². The summed E-state index contributed by atoms with van der Waals surface area (Å²) in [5, 5.41) is 3.35. The van der Waals surface area contributed by atoms with Gasteiger partial charge in [0.25, 0.3) is 0 Å². The van der Waals surface area contributed by atoms with Gasteiger partial charge in [-0.15, -0.1) is 24.0 Å². The van der Waals surface area contributed by atoms with E-state index in [1.54, 1.807) is 7.05 Å². The fraction of sp³-hybridized carbons (Fsp3) is 0.619. The number of aliphatic imine (C=N–C) groups is 1. The quantitative estimate of drug-likeness (QED) is 0.245. The Hall–Kier alpha value is -1.35. The summed E-state index contributed by atoms with van der Waals surface area (Å²) >= 11 is 0. The van der Waals surface area contributed by atoms with Crippen LogP contribution in [0.25, 0.3) is 0 Å². The second kappa shape index (κ2) is 11.6. The average molecular weight is 500 g/mol. The van der Waals surface area contributed by atoms with Crippen LogP contribution in [-0.2, 0) is 16.0 Å². The number of anilines is 1. The van der Waals surface area contributed by atoms with Crippen molar-refractivity contribution in [3.8, 4) is 0 Å². The van der Waals surface area contributed by atoms with Crippen molar-refractivity contribution in [3.63, 3.8) is 0 Å². The minimum atomic E-state index is 0. The zero-order valence-electron chi connectivity index (χ0n) is 17.0. The van der Waals surface area contributed by atoms with Crippen LogP contribution < -0.4 is 10.2 Å². The lowest BCUT2D eigenvalue weighted by Gasteiger charge is -2.22. The number of halogens is 1. The fourth-order valence-electron chi connectivity index (χ4n) is 3.40. The largest absolute Gasteiger partial charge is 0.379 e. The Kier molecular flexibility index (Phi) is 9.50. The van der Waals surface area contributed by atoms with Crippen LogP contribution in [0.15, 0.2) is 29.3 Å². The Balaban J connectivity index is 0.00000280. The van der Waals surface area contributed by atoms with E-state index < -0.39 is 0 Å². The van der Waals surface area contributed by atoms with E-state index in [4.69, 9.17) is 4.74 Å². The minimum Gasteiger partial charge on any atom is -0.379 e. The van der Waals surface area contributed by atoms with E-state index >= 15 is 0 Å². The second-order valence-electron chi connectivity index (χ2n) is 7.44. The van der Waals surface area contributed by atoms with Crippen molar-refractivity contribution >= 4 is 41.5 Å². The maximum absolute atomic E-state index is 12.5. The third kappa shape index (κ3) is 6.62. The summed E-state index contributed by atoms with van der Waals surface area (Å²) in [6.45, 7) is 3.97. The average Bonchev–Trinajstić information content (AvgIpc) is 3.41. The lowest BCUT2D eigenvalue weighted by molar-refractivity contribution is -0.118. The normalized spacial score (nSPS) is 15.8. The van der Waals surface area contributed by atoms with E-state index in [1.165, 1.54) is 18.4 Å². The van der Waals surface area contributed by atoms with E-state index in [-0.39, 0.29) is 29.9 Å². The highest BCUT2D eigenvalue weighted by Crippen LogP contribution is 2.29. The Bertz CT molecular complexity index is 664. The van der Waals surface area contributed by atoms with Gasteiger partial charge in [0.1, 0.15) is 0 Å². The van der Waals surface area contributed by atoms with Crippen LogP contribution in [0, 0.1) is 5.92 Å². The molecule has 1 aliphatic heterocycles. The van der Waals surface area contributed by atoms with E-state index in [1.807, 2.05) is 30.1 Å². The number of amides is 1. The van der Waals surface area contributed by atoms with Crippen molar-refractivity contribution in [2.75, 3.05) is 51.8 Å². The van der Waals surface area contributed by atoms with Crippen molar-refractivity contribution < 1.29 is 9.53 Å². The maximum atomic E-state index is 12.5. The molecule has 6 nitrogen and oxygen atoms in total. The summed E-state index contributed by atoms with van der Waals surface area (Å²) < 4.78 is 5.69. The first kappa shape index (κ1) is 22.9. The molecule has 1 heterocycles.